The fraction of sp³-hybridized carbons (Fsp3) is 0.167. The molecule has 0 saturated heterocycles. The van der Waals surface area contributed by atoms with Crippen molar-refractivity contribution in [3.8, 4) is 17.0 Å². The number of aromatic nitrogens is 3. The number of aryl methyl sites for hydroxylation is 1. The van der Waals surface area contributed by atoms with E-state index in [-0.39, 0.29) is 4.90 Å². The first kappa shape index (κ1) is 18.0. The second-order valence-corrected chi connectivity index (χ2v) is 7.32. The Morgan fingerprint density at radius 3 is 2.73 bits per heavy atom. The standard InChI is InChI=1S/C18H18N4O3S/c1-12-10-21-17(9-13-4-3-5-14(8-13)26(19,23)24)22-18(12)15-6-7-20-11-16(15)25-2/h3-8,10-11H,9H2,1-2H3,(H2,19,23,24). The van der Waals surface area contributed by atoms with Gasteiger partial charge in [0.25, 0.3) is 0 Å². The number of pyridine rings is 1. The Morgan fingerprint density at radius 2 is 2.00 bits per heavy atom. The molecule has 7 nitrogen and oxygen atoms in total. The summed E-state index contributed by atoms with van der Waals surface area (Å²) in [5.41, 5.74) is 3.23. The smallest absolute Gasteiger partial charge is 0.238 e. The van der Waals surface area contributed by atoms with Crippen LogP contribution in [0.2, 0.25) is 0 Å². The molecule has 0 unspecified atom stereocenters. The van der Waals surface area contributed by atoms with Crippen LogP contribution in [0, 0.1) is 6.92 Å². The molecule has 0 saturated carbocycles. The van der Waals surface area contributed by atoms with Crippen LogP contribution in [0.3, 0.4) is 0 Å². The lowest BCUT2D eigenvalue weighted by molar-refractivity contribution is 0.414. The van der Waals surface area contributed by atoms with Gasteiger partial charge in [0.1, 0.15) is 11.6 Å². The maximum atomic E-state index is 11.5. The highest BCUT2D eigenvalue weighted by Crippen LogP contribution is 2.29. The molecule has 3 aromatic rings. The van der Waals surface area contributed by atoms with Crippen molar-refractivity contribution < 1.29 is 13.2 Å². The van der Waals surface area contributed by atoms with Gasteiger partial charge in [-0.15, -0.1) is 0 Å². The topological polar surface area (TPSA) is 108 Å². The number of ether oxygens (including phenoxy) is 1. The zero-order valence-electron chi connectivity index (χ0n) is 14.4. The predicted molar refractivity (Wildman–Crippen MR) is 97.2 cm³/mol. The molecule has 2 heterocycles. The van der Waals surface area contributed by atoms with E-state index < -0.39 is 10.0 Å². The second-order valence-electron chi connectivity index (χ2n) is 5.76. The molecule has 0 amide bonds. The number of nitrogens with two attached hydrogens (primary N) is 1. The van der Waals surface area contributed by atoms with Gasteiger partial charge in [-0.2, -0.15) is 0 Å². The molecular formula is C18H18N4O3S. The van der Waals surface area contributed by atoms with E-state index in [1.807, 2.05) is 19.1 Å². The number of hydrogen-bond donors (Lipinski definition) is 1. The van der Waals surface area contributed by atoms with Crippen molar-refractivity contribution in [2.24, 2.45) is 5.14 Å². The van der Waals surface area contributed by atoms with Gasteiger partial charge in [0.15, 0.2) is 0 Å². The Balaban J connectivity index is 1.99. The third-order valence-corrected chi connectivity index (χ3v) is 4.78. The molecular weight excluding hydrogens is 352 g/mol. The molecule has 0 fully saturated rings. The molecule has 2 aromatic heterocycles. The highest BCUT2D eigenvalue weighted by atomic mass is 32.2. The SMILES string of the molecule is COc1cnccc1-c1nc(Cc2cccc(S(N)(=O)=O)c2)ncc1C. The van der Waals surface area contributed by atoms with E-state index in [2.05, 4.69) is 15.0 Å². The van der Waals surface area contributed by atoms with Crippen molar-refractivity contribution in [1.82, 2.24) is 15.0 Å². The van der Waals surface area contributed by atoms with Gasteiger partial charge in [-0.25, -0.2) is 23.5 Å². The van der Waals surface area contributed by atoms with E-state index in [9.17, 15) is 8.42 Å². The summed E-state index contributed by atoms with van der Waals surface area (Å²) >= 11 is 0. The van der Waals surface area contributed by atoms with E-state index in [1.54, 1.807) is 31.8 Å². The van der Waals surface area contributed by atoms with Gasteiger partial charge in [0.05, 0.1) is 23.9 Å². The molecule has 0 aliphatic rings. The number of methoxy groups -OCH3 is 1. The van der Waals surface area contributed by atoms with Crippen molar-refractivity contribution >= 4 is 10.0 Å². The first-order valence-corrected chi connectivity index (χ1v) is 9.36. The van der Waals surface area contributed by atoms with Crippen molar-refractivity contribution in [2.45, 2.75) is 18.2 Å². The lowest BCUT2D eigenvalue weighted by atomic mass is 10.1. The summed E-state index contributed by atoms with van der Waals surface area (Å²) in [7, 11) is -2.17. The van der Waals surface area contributed by atoms with Gasteiger partial charge in [-0.05, 0) is 36.2 Å². The minimum Gasteiger partial charge on any atom is -0.494 e. The van der Waals surface area contributed by atoms with E-state index in [0.717, 1.165) is 22.4 Å². The molecule has 0 aliphatic carbocycles. The van der Waals surface area contributed by atoms with E-state index in [1.165, 1.54) is 12.1 Å². The summed E-state index contributed by atoms with van der Waals surface area (Å²) in [6, 6.07) is 8.29. The molecule has 134 valence electrons. The third kappa shape index (κ3) is 3.87. The molecule has 0 spiro atoms. The number of benzene rings is 1. The maximum absolute atomic E-state index is 11.5. The maximum Gasteiger partial charge on any atom is 0.238 e. The van der Waals surface area contributed by atoms with Crippen LogP contribution in [0.25, 0.3) is 11.3 Å². The minimum absolute atomic E-state index is 0.0677. The Morgan fingerprint density at radius 1 is 1.19 bits per heavy atom. The Bertz CT molecular complexity index is 1050. The monoisotopic (exact) mass is 370 g/mol. The Hall–Kier alpha value is -2.84. The van der Waals surface area contributed by atoms with Crippen LogP contribution in [0.5, 0.6) is 5.75 Å². The average Bonchev–Trinajstić information content (AvgIpc) is 2.63. The van der Waals surface area contributed by atoms with Gasteiger partial charge >= 0.3 is 0 Å². The van der Waals surface area contributed by atoms with Crippen LogP contribution in [-0.2, 0) is 16.4 Å². The summed E-state index contributed by atoms with van der Waals surface area (Å²) in [5.74, 6) is 1.19. The van der Waals surface area contributed by atoms with E-state index in [0.29, 0.717) is 18.0 Å². The van der Waals surface area contributed by atoms with Crippen molar-refractivity contribution in [3.05, 3.63) is 65.9 Å². The van der Waals surface area contributed by atoms with Crippen LogP contribution >= 0.6 is 0 Å². The summed E-state index contributed by atoms with van der Waals surface area (Å²) in [5, 5.41) is 5.19. The molecule has 2 N–H and O–H groups in total. The number of sulfonamides is 1. The van der Waals surface area contributed by atoms with Crippen LogP contribution in [0.1, 0.15) is 17.0 Å². The minimum atomic E-state index is -3.75. The highest BCUT2D eigenvalue weighted by molar-refractivity contribution is 7.89. The van der Waals surface area contributed by atoms with Crippen molar-refractivity contribution in [2.75, 3.05) is 7.11 Å². The quantitative estimate of drug-likeness (QED) is 0.737. The number of nitrogens with zero attached hydrogens (tertiary/aromatic N) is 3. The van der Waals surface area contributed by atoms with Gasteiger partial charge in [-0.3, -0.25) is 4.98 Å². The van der Waals surface area contributed by atoms with Crippen LogP contribution in [0.15, 0.2) is 53.8 Å². The largest absolute Gasteiger partial charge is 0.494 e. The summed E-state index contributed by atoms with van der Waals surface area (Å²) < 4.78 is 28.4. The average molecular weight is 370 g/mol. The predicted octanol–water partition coefficient (Wildman–Crippen LogP) is 2.09. The lowest BCUT2D eigenvalue weighted by Gasteiger charge is -2.11. The summed E-state index contributed by atoms with van der Waals surface area (Å²) in [6.45, 7) is 1.92. The summed E-state index contributed by atoms with van der Waals surface area (Å²) in [6.07, 6.45) is 5.42. The number of hydrogen-bond acceptors (Lipinski definition) is 6. The fourth-order valence-corrected chi connectivity index (χ4v) is 3.17. The highest BCUT2D eigenvalue weighted by Gasteiger charge is 2.13. The van der Waals surface area contributed by atoms with Crippen LogP contribution in [0.4, 0.5) is 0 Å². The molecule has 0 bridgehead atoms. The molecule has 0 radical (unpaired) electrons. The second kappa shape index (κ2) is 7.19. The van der Waals surface area contributed by atoms with E-state index >= 15 is 0 Å². The van der Waals surface area contributed by atoms with Gasteiger partial charge < -0.3 is 4.74 Å². The van der Waals surface area contributed by atoms with Crippen molar-refractivity contribution in [3.63, 3.8) is 0 Å². The van der Waals surface area contributed by atoms with Crippen LogP contribution in [-0.4, -0.2) is 30.5 Å². The van der Waals surface area contributed by atoms with Gasteiger partial charge in [0.2, 0.25) is 10.0 Å². The first-order chi connectivity index (χ1) is 12.4. The third-order valence-electron chi connectivity index (χ3n) is 3.87. The molecule has 8 heteroatoms. The van der Waals surface area contributed by atoms with Crippen molar-refractivity contribution in [1.29, 1.82) is 0 Å². The molecule has 3 rings (SSSR count). The van der Waals surface area contributed by atoms with E-state index in [4.69, 9.17) is 9.88 Å². The number of rotatable bonds is 5. The molecule has 0 aliphatic heterocycles. The normalized spacial score (nSPS) is 11.3. The van der Waals surface area contributed by atoms with Gasteiger partial charge in [0, 0.05) is 24.4 Å². The lowest BCUT2D eigenvalue weighted by Crippen LogP contribution is -2.12. The fourth-order valence-electron chi connectivity index (χ4n) is 2.59. The molecule has 1 aromatic carbocycles. The molecule has 0 atom stereocenters. The Kier molecular flexibility index (Phi) is 4.97. The Labute approximate surface area is 152 Å². The van der Waals surface area contributed by atoms with Crippen LogP contribution < -0.4 is 9.88 Å². The molecule has 26 heavy (non-hydrogen) atoms. The zero-order valence-corrected chi connectivity index (χ0v) is 15.2. The summed E-state index contributed by atoms with van der Waals surface area (Å²) in [4.78, 5) is 13.1. The first-order valence-electron chi connectivity index (χ1n) is 7.81. The zero-order chi connectivity index (χ0) is 18.7. The van der Waals surface area contributed by atoms with Gasteiger partial charge in [-0.1, -0.05) is 12.1 Å². The number of primary sulfonamides is 1.